The summed E-state index contributed by atoms with van der Waals surface area (Å²) in [7, 11) is 0. The van der Waals surface area contributed by atoms with Crippen LogP contribution in [0.1, 0.15) is 0 Å². The fraction of sp³-hybridized carbons (Fsp3) is 0. The molecule has 3 nitrogen and oxygen atoms in total. The summed E-state index contributed by atoms with van der Waals surface area (Å²) >= 11 is 0. The maximum absolute atomic E-state index is 2.43. The predicted molar refractivity (Wildman–Crippen MR) is 240 cm³/mol. The molecule has 12 aromatic rings. The summed E-state index contributed by atoms with van der Waals surface area (Å²) in [6, 6.07) is 77.4. The van der Waals surface area contributed by atoms with Crippen molar-refractivity contribution in [1.82, 2.24) is 13.7 Å². The Bertz CT molecular complexity index is 3500. The van der Waals surface area contributed by atoms with Crippen LogP contribution < -0.4 is 0 Å². The minimum absolute atomic E-state index is 1.14. The van der Waals surface area contributed by atoms with Crippen LogP contribution in [0.25, 0.3) is 105 Å². The van der Waals surface area contributed by atoms with Gasteiger partial charge in [0.15, 0.2) is 0 Å². The molecular formula is C54H35N3. The maximum Gasteiger partial charge on any atom is 0.0561 e. The van der Waals surface area contributed by atoms with E-state index in [1.54, 1.807) is 0 Å². The van der Waals surface area contributed by atoms with E-state index in [9.17, 15) is 0 Å². The van der Waals surface area contributed by atoms with Gasteiger partial charge in [-0.1, -0.05) is 133 Å². The molecule has 0 bridgehead atoms. The van der Waals surface area contributed by atoms with Crippen molar-refractivity contribution in [3.63, 3.8) is 0 Å². The van der Waals surface area contributed by atoms with E-state index >= 15 is 0 Å². The number of hydrogen-bond acceptors (Lipinski definition) is 0. The number of hydrogen-bond donors (Lipinski definition) is 0. The SMILES string of the molecule is c1ccc(-c2ccc3c4cc(-c5ccc6c(c5)c5ccccc5n6-c5ccc6c7ccccc7n(-c7ccccc7)c6c5)ccc4n(-c4ccccc4)c3c2)cc1. The Balaban J connectivity index is 1.04. The quantitative estimate of drug-likeness (QED) is 0.168. The van der Waals surface area contributed by atoms with Crippen LogP contribution in [-0.4, -0.2) is 13.7 Å². The summed E-state index contributed by atoms with van der Waals surface area (Å²) in [5.41, 5.74) is 15.5. The molecule has 0 atom stereocenters. The van der Waals surface area contributed by atoms with E-state index in [-0.39, 0.29) is 0 Å². The lowest BCUT2D eigenvalue weighted by Gasteiger charge is -2.11. The van der Waals surface area contributed by atoms with Gasteiger partial charge in [-0.3, -0.25) is 0 Å². The minimum Gasteiger partial charge on any atom is -0.309 e. The van der Waals surface area contributed by atoms with Crippen LogP contribution in [0.5, 0.6) is 0 Å². The van der Waals surface area contributed by atoms with Crippen molar-refractivity contribution in [3.05, 3.63) is 212 Å². The standard InChI is InChI=1S/C54H35N3/c1-4-14-36(15-5-1)39-24-28-46-48-33-38(25-30-51(48)56(53(46)34-39)41-18-8-3-9-19-41)37-26-31-52-47(32-37)44-21-11-13-23-50(44)57(52)42-27-29-45-43-20-10-12-22-49(43)55(54(45)35-42)40-16-6-2-7-17-40/h1-35H. The molecule has 12 rings (SSSR count). The van der Waals surface area contributed by atoms with Gasteiger partial charge in [-0.05, 0) is 101 Å². The molecule has 0 aliphatic heterocycles. The van der Waals surface area contributed by atoms with Crippen molar-refractivity contribution in [3.8, 4) is 39.3 Å². The van der Waals surface area contributed by atoms with Crippen molar-refractivity contribution in [1.29, 1.82) is 0 Å². The topological polar surface area (TPSA) is 14.8 Å². The molecule has 0 N–H and O–H groups in total. The molecule has 266 valence electrons. The van der Waals surface area contributed by atoms with Crippen LogP contribution >= 0.6 is 0 Å². The summed E-state index contributed by atoms with van der Waals surface area (Å²) in [6.07, 6.45) is 0. The Hall–Kier alpha value is -7.62. The molecule has 0 fully saturated rings. The number of nitrogens with zero attached hydrogens (tertiary/aromatic N) is 3. The molecule has 0 amide bonds. The second-order valence-electron chi connectivity index (χ2n) is 15.0. The number of rotatable bonds is 5. The van der Waals surface area contributed by atoms with Crippen molar-refractivity contribution in [2.45, 2.75) is 0 Å². The number of fused-ring (bicyclic) bond motifs is 9. The lowest BCUT2D eigenvalue weighted by Crippen LogP contribution is -1.96. The lowest BCUT2D eigenvalue weighted by molar-refractivity contribution is 1.15. The number of benzene rings is 9. The Kier molecular flexibility index (Phi) is 6.93. The zero-order valence-corrected chi connectivity index (χ0v) is 31.0. The zero-order chi connectivity index (χ0) is 37.5. The molecule has 57 heavy (non-hydrogen) atoms. The van der Waals surface area contributed by atoms with Crippen LogP contribution in [0.4, 0.5) is 0 Å². The van der Waals surface area contributed by atoms with Gasteiger partial charge >= 0.3 is 0 Å². The first-order chi connectivity index (χ1) is 28.3. The van der Waals surface area contributed by atoms with E-state index in [4.69, 9.17) is 0 Å². The molecule has 0 saturated heterocycles. The molecule has 0 spiro atoms. The maximum atomic E-state index is 2.43. The van der Waals surface area contributed by atoms with Gasteiger partial charge in [-0.15, -0.1) is 0 Å². The van der Waals surface area contributed by atoms with Gasteiger partial charge in [0.1, 0.15) is 0 Å². The van der Waals surface area contributed by atoms with Gasteiger partial charge in [0.05, 0.1) is 33.1 Å². The molecular weight excluding hydrogens is 691 g/mol. The van der Waals surface area contributed by atoms with Crippen LogP contribution in [-0.2, 0) is 0 Å². The first-order valence-corrected chi connectivity index (χ1v) is 19.6. The molecule has 3 heteroatoms. The van der Waals surface area contributed by atoms with Gasteiger partial charge in [0, 0.05) is 49.4 Å². The second-order valence-corrected chi connectivity index (χ2v) is 15.0. The Morgan fingerprint density at radius 2 is 0.579 bits per heavy atom. The molecule has 0 radical (unpaired) electrons. The van der Waals surface area contributed by atoms with Crippen LogP contribution in [0, 0.1) is 0 Å². The van der Waals surface area contributed by atoms with Crippen molar-refractivity contribution in [2.75, 3.05) is 0 Å². The third-order valence-corrected chi connectivity index (χ3v) is 11.8. The predicted octanol–water partition coefficient (Wildman–Crippen LogP) is 14.3. The fourth-order valence-corrected chi connectivity index (χ4v) is 9.25. The summed E-state index contributed by atoms with van der Waals surface area (Å²) < 4.78 is 7.24. The van der Waals surface area contributed by atoms with Gasteiger partial charge in [-0.25, -0.2) is 0 Å². The molecule has 3 heterocycles. The van der Waals surface area contributed by atoms with E-state index in [1.165, 1.54) is 87.7 Å². The Labute approximate surface area is 329 Å². The largest absolute Gasteiger partial charge is 0.309 e. The highest BCUT2D eigenvalue weighted by Gasteiger charge is 2.19. The van der Waals surface area contributed by atoms with Gasteiger partial charge < -0.3 is 13.7 Å². The van der Waals surface area contributed by atoms with Crippen molar-refractivity contribution < 1.29 is 0 Å². The molecule has 0 aliphatic rings. The summed E-state index contributed by atoms with van der Waals surface area (Å²) in [5, 5.41) is 7.49. The van der Waals surface area contributed by atoms with Crippen LogP contribution in [0.3, 0.4) is 0 Å². The van der Waals surface area contributed by atoms with E-state index < -0.39 is 0 Å². The third-order valence-electron chi connectivity index (χ3n) is 11.8. The Morgan fingerprint density at radius 1 is 0.193 bits per heavy atom. The first-order valence-electron chi connectivity index (χ1n) is 19.6. The van der Waals surface area contributed by atoms with E-state index in [0.29, 0.717) is 0 Å². The third kappa shape index (κ3) is 4.86. The fourth-order valence-electron chi connectivity index (χ4n) is 9.25. The lowest BCUT2D eigenvalue weighted by atomic mass is 9.99. The average molecular weight is 726 g/mol. The molecule has 9 aromatic carbocycles. The molecule has 3 aromatic heterocycles. The molecule has 0 saturated carbocycles. The van der Waals surface area contributed by atoms with Crippen LogP contribution in [0.15, 0.2) is 212 Å². The smallest absolute Gasteiger partial charge is 0.0561 e. The zero-order valence-electron chi connectivity index (χ0n) is 31.0. The van der Waals surface area contributed by atoms with Crippen molar-refractivity contribution in [2.24, 2.45) is 0 Å². The monoisotopic (exact) mass is 725 g/mol. The first kappa shape index (κ1) is 31.7. The summed E-state index contributed by atoms with van der Waals surface area (Å²) in [6.45, 7) is 0. The van der Waals surface area contributed by atoms with E-state index in [0.717, 1.165) is 17.1 Å². The van der Waals surface area contributed by atoms with Gasteiger partial charge in [-0.2, -0.15) is 0 Å². The average Bonchev–Trinajstić information content (AvgIpc) is 3.92. The number of aromatic nitrogens is 3. The van der Waals surface area contributed by atoms with Crippen molar-refractivity contribution >= 4 is 65.4 Å². The summed E-state index contributed by atoms with van der Waals surface area (Å²) in [5.74, 6) is 0. The normalized spacial score (nSPS) is 11.9. The van der Waals surface area contributed by atoms with Gasteiger partial charge in [0.25, 0.3) is 0 Å². The molecule has 0 unspecified atom stereocenters. The van der Waals surface area contributed by atoms with E-state index in [1.807, 2.05) is 0 Å². The van der Waals surface area contributed by atoms with Gasteiger partial charge in [0.2, 0.25) is 0 Å². The highest BCUT2D eigenvalue weighted by atomic mass is 15.0. The number of para-hydroxylation sites is 4. The highest BCUT2D eigenvalue weighted by Crippen LogP contribution is 2.40. The highest BCUT2D eigenvalue weighted by molar-refractivity contribution is 6.14. The van der Waals surface area contributed by atoms with Crippen LogP contribution in [0.2, 0.25) is 0 Å². The summed E-state index contributed by atoms with van der Waals surface area (Å²) in [4.78, 5) is 0. The Morgan fingerprint density at radius 3 is 1.18 bits per heavy atom. The second kappa shape index (κ2) is 12.5. The van der Waals surface area contributed by atoms with E-state index in [2.05, 4.69) is 226 Å². The minimum atomic E-state index is 1.14. The molecule has 0 aliphatic carbocycles.